The summed E-state index contributed by atoms with van der Waals surface area (Å²) in [5.41, 5.74) is 0.594. The Morgan fingerprint density at radius 3 is 2.47 bits per heavy atom. The van der Waals surface area contributed by atoms with Gasteiger partial charge in [0.05, 0.1) is 12.7 Å². The lowest BCUT2D eigenvalue weighted by atomic mass is 10.1. The van der Waals surface area contributed by atoms with Crippen molar-refractivity contribution in [1.29, 1.82) is 0 Å². The molecule has 0 radical (unpaired) electrons. The van der Waals surface area contributed by atoms with Crippen molar-refractivity contribution in [3.05, 3.63) is 46.4 Å². The molecule has 15 heavy (non-hydrogen) atoms. The number of halogens is 1. The van der Waals surface area contributed by atoms with Gasteiger partial charge in [-0.25, -0.2) is 4.79 Å². The molecule has 0 saturated carbocycles. The summed E-state index contributed by atoms with van der Waals surface area (Å²) in [6, 6.07) is 11.3. The Morgan fingerprint density at radius 1 is 1.13 bits per heavy atom. The predicted octanol–water partition coefficient (Wildman–Crippen LogP) is 3.39. The zero-order chi connectivity index (χ0) is 10.8. The van der Waals surface area contributed by atoms with Gasteiger partial charge in [-0.05, 0) is 22.9 Å². The standard InChI is InChI=1S/C12H9BrO2/c1-15-12(14)10-6-7-11(13)9-5-3-2-4-8(9)10/h2-7H,1H3. The van der Waals surface area contributed by atoms with Crippen LogP contribution in [0.2, 0.25) is 0 Å². The van der Waals surface area contributed by atoms with E-state index in [0.29, 0.717) is 5.56 Å². The van der Waals surface area contributed by atoms with Crippen LogP contribution >= 0.6 is 15.9 Å². The molecule has 0 aliphatic rings. The van der Waals surface area contributed by atoms with Crippen molar-refractivity contribution < 1.29 is 9.53 Å². The maximum absolute atomic E-state index is 11.5. The van der Waals surface area contributed by atoms with Crippen molar-refractivity contribution in [2.45, 2.75) is 0 Å². The fourth-order valence-electron chi connectivity index (χ4n) is 1.55. The normalized spacial score (nSPS) is 10.3. The number of methoxy groups -OCH3 is 1. The molecule has 76 valence electrons. The summed E-state index contributed by atoms with van der Waals surface area (Å²) in [5.74, 6) is -0.307. The van der Waals surface area contributed by atoms with E-state index in [4.69, 9.17) is 4.74 Å². The molecule has 0 heterocycles. The highest BCUT2D eigenvalue weighted by atomic mass is 79.9. The Labute approximate surface area is 96.0 Å². The molecule has 0 aliphatic carbocycles. The molecule has 3 heteroatoms. The molecule has 0 atom stereocenters. The van der Waals surface area contributed by atoms with Crippen LogP contribution in [0, 0.1) is 0 Å². The van der Waals surface area contributed by atoms with E-state index in [1.165, 1.54) is 7.11 Å². The summed E-state index contributed by atoms with van der Waals surface area (Å²) in [6.07, 6.45) is 0. The summed E-state index contributed by atoms with van der Waals surface area (Å²) >= 11 is 3.45. The maximum Gasteiger partial charge on any atom is 0.338 e. The van der Waals surface area contributed by atoms with E-state index < -0.39 is 0 Å². The van der Waals surface area contributed by atoms with Gasteiger partial charge in [0.1, 0.15) is 0 Å². The topological polar surface area (TPSA) is 26.3 Å². The van der Waals surface area contributed by atoms with Crippen molar-refractivity contribution in [2.75, 3.05) is 7.11 Å². The van der Waals surface area contributed by atoms with E-state index in [1.54, 1.807) is 6.07 Å². The Balaban J connectivity index is 2.77. The minimum Gasteiger partial charge on any atom is -0.465 e. The second kappa shape index (κ2) is 4.03. The molecule has 2 nitrogen and oxygen atoms in total. The maximum atomic E-state index is 11.5. The van der Waals surface area contributed by atoms with Gasteiger partial charge in [0.2, 0.25) is 0 Å². The largest absolute Gasteiger partial charge is 0.465 e. The monoisotopic (exact) mass is 264 g/mol. The quantitative estimate of drug-likeness (QED) is 0.739. The Kier molecular flexibility index (Phi) is 2.73. The van der Waals surface area contributed by atoms with E-state index in [9.17, 15) is 4.79 Å². The minimum atomic E-state index is -0.307. The van der Waals surface area contributed by atoms with Gasteiger partial charge in [0.15, 0.2) is 0 Å². The number of hydrogen-bond donors (Lipinski definition) is 0. The van der Waals surface area contributed by atoms with E-state index in [1.807, 2.05) is 30.3 Å². The Bertz CT molecular complexity index is 520. The van der Waals surface area contributed by atoms with Crippen LogP contribution in [0.25, 0.3) is 10.8 Å². The number of hydrogen-bond acceptors (Lipinski definition) is 2. The summed E-state index contributed by atoms with van der Waals surface area (Å²) in [5, 5.41) is 1.92. The fourth-order valence-corrected chi connectivity index (χ4v) is 2.03. The molecule has 0 N–H and O–H groups in total. The van der Waals surface area contributed by atoms with Crippen molar-refractivity contribution in [1.82, 2.24) is 0 Å². The van der Waals surface area contributed by atoms with Crippen LogP contribution in [0.1, 0.15) is 10.4 Å². The highest BCUT2D eigenvalue weighted by Gasteiger charge is 2.10. The lowest BCUT2D eigenvalue weighted by Crippen LogP contribution is -2.01. The summed E-state index contributed by atoms with van der Waals surface area (Å²) in [4.78, 5) is 11.5. The molecular formula is C12H9BrO2. The number of fused-ring (bicyclic) bond motifs is 1. The molecule has 0 amide bonds. The molecule has 0 fully saturated rings. The fraction of sp³-hybridized carbons (Fsp3) is 0.0833. The second-order valence-electron chi connectivity index (χ2n) is 3.13. The molecule has 0 bridgehead atoms. The Morgan fingerprint density at radius 2 is 1.80 bits per heavy atom. The average molecular weight is 265 g/mol. The molecule has 2 rings (SSSR count). The molecular weight excluding hydrogens is 256 g/mol. The van der Waals surface area contributed by atoms with Crippen LogP contribution in [-0.4, -0.2) is 13.1 Å². The first-order valence-electron chi connectivity index (χ1n) is 4.49. The average Bonchev–Trinajstić information content (AvgIpc) is 2.29. The van der Waals surface area contributed by atoms with E-state index >= 15 is 0 Å². The number of rotatable bonds is 1. The molecule has 0 spiro atoms. The van der Waals surface area contributed by atoms with Gasteiger partial charge in [-0.1, -0.05) is 40.2 Å². The third-order valence-electron chi connectivity index (χ3n) is 2.28. The van der Waals surface area contributed by atoms with E-state index in [-0.39, 0.29) is 5.97 Å². The van der Waals surface area contributed by atoms with Gasteiger partial charge >= 0.3 is 5.97 Å². The van der Waals surface area contributed by atoms with Crippen LogP contribution in [0.15, 0.2) is 40.9 Å². The summed E-state index contributed by atoms with van der Waals surface area (Å²) in [6.45, 7) is 0. The first kappa shape index (κ1) is 10.2. The van der Waals surface area contributed by atoms with Crippen LogP contribution in [0.3, 0.4) is 0 Å². The number of ether oxygens (including phenoxy) is 1. The lowest BCUT2D eigenvalue weighted by molar-refractivity contribution is 0.0603. The van der Waals surface area contributed by atoms with E-state index in [0.717, 1.165) is 15.2 Å². The number of carbonyl (C=O) groups is 1. The first-order valence-corrected chi connectivity index (χ1v) is 5.29. The van der Waals surface area contributed by atoms with Crippen molar-refractivity contribution in [3.63, 3.8) is 0 Å². The van der Waals surface area contributed by atoms with Crippen LogP contribution in [0.5, 0.6) is 0 Å². The van der Waals surface area contributed by atoms with Crippen LogP contribution in [-0.2, 0) is 4.74 Å². The van der Waals surface area contributed by atoms with Crippen LogP contribution in [0.4, 0.5) is 0 Å². The SMILES string of the molecule is COC(=O)c1ccc(Br)c2ccccc12. The van der Waals surface area contributed by atoms with Crippen molar-refractivity contribution >= 4 is 32.7 Å². The van der Waals surface area contributed by atoms with Gasteiger partial charge in [-0.3, -0.25) is 0 Å². The summed E-state index contributed by atoms with van der Waals surface area (Å²) in [7, 11) is 1.39. The number of carbonyl (C=O) groups excluding carboxylic acids is 1. The Hall–Kier alpha value is -1.35. The zero-order valence-electron chi connectivity index (χ0n) is 8.16. The van der Waals surface area contributed by atoms with Crippen molar-refractivity contribution in [3.8, 4) is 0 Å². The van der Waals surface area contributed by atoms with Gasteiger partial charge in [-0.2, -0.15) is 0 Å². The van der Waals surface area contributed by atoms with Gasteiger partial charge in [0.25, 0.3) is 0 Å². The predicted molar refractivity (Wildman–Crippen MR) is 63.0 cm³/mol. The molecule has 2 aromatic carbocycles. The van der Waals surface area contributed by atoms with Gasteiger partial charge < -0.3 is 4.74 Å². The molecule has 2 aromatic rings. The molecule has 0 unspecified atom stereocenters. The number of esters is 1. The molecule has 0 saturated heterocycles. The minimum absolute atomic E-state index is 0.307. The first-order chi connectivity index (χ1) is 7.24. The van der Waals surface area contributed by atoms with Crippen molar-refractivity contribution in [2.24, 2.45) is 0 Å². The molecule has 0 aromatic heterocycles. The molecule has 0 aliphatic heterocycles. The number of benzene rings is 2. The van der Waals surface area contributed by atoms with E-state index in [2.05, 4.69) is 15.9 Å². The van der Waals surface area contributed by atoms with Crippen LogP contribution < -0.4 is 0 Å². The highest BCUT2D eigenvalue weighted by Crippen LogP contribution is 2.27. The van der Waals surface area contributed by atoms with Gasteiger partial charge in [-0.15, -0.1) is 0 Å². The third kappa shape index (κ3) is 1.75. The van der Waals surface area contributed by atoms with Gasteiger partial charge in [0, 0.05) is 4.47 Å². The zero-order valence-corrected chi connectivity index (χ0v) is 9.74. The smallest absolute Gasteiger partial charge is 0.338 e. The highest BCUT2D eigenvalue weighted by molar-refractivity contribution is 9.10. The third-order valence-corrected chi connectivity index (χ3v) is 2.97. The second-order valence-corrected chi connectivity index (χ2v) is 3.99. The lowest BCUT2D eigenvalue weighted by Gasteiger charge is -2.05. The summed E-state index contributed by atoms with van der Waals surface area (Å²) < 4.78 is 5.71.